The molecule has 0 aliphatic heterocycles. The Morgan fingerprint density at radius 1 is 1.33 bits per heavy atom. The molecule has 0 saturated heterocycles. The van der Waals surface area contributed by atoms with Gasteiger partial charge in [-0.1, -0.05) is 13.3 Å². The summed E-state index contributed by atoms with van der Waals surface area (Å²) in [5, 5.41) is 5.28. The molecule has 2 aromatic rings. The van der Waals surface area contributed by atoms with Crippen LogP contribution in [0.25, 0.3) is 11.3 Å². The van der Waals surface area contributed by atoms with Gasteiger partial charge in [0.15, 0.2) is 5.13 Å². The number of nitrogens with one attached hydrogen (secondary N) is 1. The number of benzene rings is 1. The molecule has 0 aliphatic rings. The van der Waals surface area contributed by atoms with E-state index < -0.39 is 5.54 Å². The largest absolute Gasteiger partial charge is 0.494 e. The third-order valence-corrected chi connectivity index (χ3v) is 4.23. The van der Waals surface area contributed by atoms with Gasteiger partial charge in [0.25, 0.3) is 0 Å². The molecule has 0 radical (unpaired) electrons. The van der Waals surface area contributed by atoms with Crippen LogP contribution < -0.4 is 15.8 Å². The minimum Gasteiger partial charge on any atom is -0.494 e. The van der Waals surface area contributed by atoms with Gasteiger partial charge in [-0.15, -0.1) is 23.7 Å². The maximum Gasteiger partial charge on any atom is 0.245 e. The van der Waals surface area contributed by atoms with Crippen LogP contribution in [0.4, 0.5) is 5.13 Å². The lowest BCUT2D eigenvalue weighted by atomic mass is 9.97. The van der Waals surface area contributed by atoms with Crippen molar-refractivity contribution in [1.29, 1.82) is 0 Å². The van der Waals surface area contributed by atoms with Crippen LogP contribution in [0.5, 0.6) is 5.75 Å². The van der Waals surface area contributed by atoms with Crippen molar-refractivity contribution in [2.24, 2.45) is 5.73 Å². The molecule has 132 valence electrons. The van der Waals surface area contributed by atoms with Gasteiger partial charge < -0.3 is 15.8 Å². The fraction of sp³-hybridized carbons (Fsp3) is 0.412. The number of hydrogen-bond acceptors (Lipinski definition) is 5. The molecular weight excluding hydrogens is 346 g/mol. The standard InChI is InChI=1S/C17H23N3O2S.ClH/c1-4-10-17(3,18)15(21)20-16-19-14(11-23-16)12-6-8-13(9-7-12)22-5-2;/h6-9,11H,4-5,10,18H2,1-3H3,(H,19,20,21);1H. The molecule has 1 heterocycles. The highest BCUT2D eigenvalue weighted by molar-refractivity contribution is 7.14. The number of anilines is 1. The van der Waals surface area contributed by atoms with E-state index in [0.29, 0.717) is 18.2 Å². The topological polar surface area (TPSA) is 77.2 Å². The first-order valence-electron chi connectivity index (χ1n) is 7.75. The first-order chi connectivity index (χ1) is 11.0. The third-order valence-electron chi connectivity index (χ3n) is 3.47. The third kappa shape index (κ3) is 5.19. The Kier molecular flexibility index (Phi) is 7.66. The van der Waals surface area contributed by atoms with E-state index in [1.165, 1.54) is 11.3 Å². The lowest BCUT2D eigenvalue weighted by Gasteiger charge is -2.21. The average molecular weight is 370 g/mol. The van der Waals surface area contributed by atoms with Crippen molar-refractivity contribution >= 4 is 34.8 Å². The highest BCUT2D eigenvalue weighted by Crippen LogP contribution is 2.27. The number of nitrogens with two attached hydrogens (primary N) is 1. The molecular formula is C17H24ClN3O2S. The molecule has 0 bridgehead atoms. The zero-order chi connectivity index (χ0) is 16.9. The second-order valence-corrected chi connectivity index (χ2v) is 6.47. The van der Waals surface area contributed by atoms with Crippen molar-refractivity contribution in [3.8, 4) is 17.0 Å². The number of carbonyl (C=O) groups excluding carboxylic acids is 1. The fourth-order valence-electron chi connectivity index (χ4n) is 2.23. The van der Waals surface area contributed by atoms with Gasteiger partial charge in [0.1, 0.15) is 5.75 Å². The number of halogens is 1. The maximum atomic E-state index is 12.2. The van der Waals surface area contributed by atoms with E-state index in [4.69, 9.17) is 10.5 Å². The number of aromatic nitrogens is 1. The van der Waals surface area contributed by atoms with Gasteiger partial charge >= 0.3 is 0 Å². The van der Waals surface area contributed by atoms with Crippen molar-refractivity contribution in [2.45, 2.75) is 39.2 Å². The molecule has 24 heavy (non-hydrogen) atoms. The minimum absolute atomic E-state index is 0. The summed E-state index contributed by atoms with van der Waals surface area (Å²) >= 11 is 1.39. The molecule has 1 aromatic heterocycles. The first kappa shape index (κ1) is 20.4. The molecule has 1 aromatic carbocycles. The Labute approximate surface area is 153 Å². The predicted octanol–water partition coefficient (Wildman–Crippen LogP) is 4.09. The monoisotopic (exact) mass is 369 g/mol. The second-order valence-electron chi connectivity index (χ2n) is 5.62. The summed E-state index contributed by atoms with van der Waals surface area (Å²) in [5.41, 5.74) is 6.96. The van der Waals surface area contributed by atoms with E-state index in [0.717, 1.165) is 23.4 Å². The summed E-state index contributed by atoms with van der Waals surface area (Å²) in [4.78, 5) is 16.7. The summed E-state index contributed by atoms with van der Waals surface area (Å²) in [6.07, 6.45) is 1.49. The number of nitrogens with zero attached hydrogens (tertiary/aromatic N) is 1. The molecule has 1 unspecified atom stereocenters. The number of amides is 1. The molecule has 0 fully saturated rings. The van der Waals surface area contributed by atoms with E-state index in [2.05, 4.69) is 10.3 Å². The Bertz CT molecular complexity index is 656. The molecule has 5 nitrogen and oxygen atoms in total. The highest BCUT2D eigenvalue weighted by atomic mass is 35.5. The molecule has 7 heteroatoms. The first-order valence-corrected chi connectivity index (χ1v) is 8.63. The smallest absolute Gasteiger partial charge is 0.245 e. The maximum absolute atomic E-state index is 12.2. The predicted molar refractivity (Wildman–Crippen MR) is 102 cm³/mol. The summed E-state index contributed by atoms with van der Waals surface area (Å²) in [6.45, 7) is 6.34. The Balaban J connectivity index is 0.00000288. The summed E-state index contributed by atoms with van der Waals surface area (Å²) < 4.78 is 5.43. The summed E-state index contributed by atoms with van der Waals surface area (Å²) in [5.74, 6) is 0.630. The van der Waals surface area contributed by atoms with E-state index in [1.807, 2.05) is 43.5 Å². The minimum atomic E-state index is -0.875. The summed E-state index contributed by atoms with van der Waals surface area (Å²) in [6, 6.07) is 7.73. The van der Waals surface area contributed by atoms with Crippen LogP contribution in [0, 0.1) is 0 Å². The van der Waals surface area contributed by atoms with Crippen molar-refractivity contribution in [3.05, 3.63) is 29.6 Å². The number of hydrogen-bond donors (Lipinski definition) is 2. The van der Waals surface area contributed by atoms with Crippen molar-refractivity contribution in [1.82, 2.24) is 4.98 Å². The second kappa shape index (κ2) is 9.01. The van der Waals surface area contributed by atoms with Gasteiger partial charge in [-0.2, -0.15) is 0 Å². The van der Waals surface area contributed by atoms with Gasteiger partial charge in [0, 0.05) is 10.9 Å². The Morgan fingerprint density at radius 3 is 2.58 bits per heavy atom. The molecule has 0 aliphatic carbocycles. The van der Waals surface area contributed by atoms with E-state index in [-0.39, 0.29) is 18.3 Å². The molecule has 0 saturated carbocycles. The normalized spacial score (nSPS) is 12.8. The highest BCUT2D eigenvalue weighted by Gasteiger charge is 2.27. The molecule has 2 rings (SSSR count). The zero-order valence-corrected chi connectivity index (χ0v) is 15.8. The van der Waals surface area contributed by atoms with Crippen LogP contribution in [0.3, 0.4) is 0 Å². The van der Waals surface area contributed by atoms with Crippen molar-refractivity contribution in [2.75, 3.05) is 11.9 Å². The average Bonchev–Trinajstić information content (AvgIpc) is 2.97. The van der Waals surface area contributed by atoms with E-state index >= 15 is 0 Å². The quantitative estimate of drug-likeness (QED) is 0.770. The van der Waals surface area contributed by atoms with E-state index in [1.54, 1.807) is 6.92 Å². The van der Waals surface area contributed by atoms with Crippen molar-refractivity contribution < 1.29 is 9.53 Å². The number of thiazole rings is 1. The lowest BCUT2D eigenvalue weighted by molar-refractivity contribution is -0.120. The molecule has 1 amide bonds. The van der Waals surface area contributed by atoms with E-state index in [9.17, 15) is 4.79 Å². The lowest BCUT2D eigenvalue weighted by Crippen LogP contribution is -2.48. The van der Waals surface area contributed by atoms with Gasteiger partial charge in [-0.05, 0) is 44.5 Å². The van der Waals surface area contributed by atoms with Gasteiger partial charge in [-0.25, -0.2) is 4.98 Å². The van der Waals surface area contributed by atoms with Crippen LogP contribution in [-0.2, 0) is 4.79 Å². The van der Waals surface area contributed by atoms with Gasteiger partial charge in [-0.3, -0.25) is 4.79 Å². The van der Waals surface area contributed by atoms with Crippen LogP contribution in [0.1, 0.15) is 33.6 Å². The number of rotatable bonds is 7. The number of ether oxygens (including phenoxy) is 1. The van der Waals surface area contributed by atoms with Crippen molar-refractivity contribution in [3.63, 3.8) is 0 Å². The molecule has 0 spiro atoms. The van der Waals surface area contributed by atoms with Crippen LogP contribution in [-0.4, -0.2) is 23.0 Å². The van der Waals surface area contributed by atoms with Crippen LogP contribution in [0.2, 0.25) is 0 Å². The number of carbonyl (C=O) groups is 1. The zero-order valence-electron chi connectivity index (χ0n) is 14.2. The summed E-state index contributed by atoms with van der Waals surface area (Å²) in [7, 11) is 0. The fourth-order valence-corrected chi connectivity index (χ4v) is 2.94. The Morgan fingerprint density at radius 2 is 2.00 bits per heavy atom. The van der Waals surface area contributed by atoms with Crippen LogP contribution >= 0.6 is 23.7 Å². The molecule has 1 atom stereocenters. The van der Waals surface area contributed by atoms with Crippen LogP contribution in [0.15, 0.2) is 29.6 Å². The Hall–Kier alpha value is -1.63. The molecule has 3 N–H and O–H groups in total. The van der Waals surface area contributed by atoms with Gasteiger partial charge in [0.2, 0.25) is 5.91 Å². The van der Waals surface area contributed by atoms with Gasteiger partial charge in [0.05, 0.1) is 17.8 Å². The SMILES string of the molecule is CCCC(C)(N)C(=O)Nc1nc(-c2ccc(OCC)cc2)cs1.Cl.